The molecule has 1 aliphatic carbocycles. The molecule has 0 aromatic rings. The van der Waals surface area contributed by atoms with Gasteiger partial charge in [0.2, 0.25) is 11.8 Å². The second kappa shape index (κ2) is 5.04. The maximum Gasteiger partial charge on any atom is 0.244 e. The van der Waals surface area contributed by atoms with Crippen molar-refractivity contribution >= 4 is 11.8 Å². The number of carbonyl (C=O) groups is 2. The molecule has 2 aliphatic rings. The highest BCUT2D eigenvalue weighted by Crippen LogP contribution is 2.26. The number of nitrogens with zero attached hydrogens (tertiary/aromatic N) is 1. The van der Waals surface area contributed by atoms with E-state index in [1.165, 1.54) is 0 Å². The van der Waals surface area contributed by atoms with Crippen molar-refractivity contribution in [3.63, 3.8) is 0 Å². The molecular formula is C12H20N2O3. The van der Waals surface area contributed by atoms with Crippen molar-refractivity contribution in [2.45, 2.75) is 44.2 Å². The largest absolute Gasteiger partial charge is 0.393 e. The highest BCUT2D eigenvalue weighted by atomic mass is 16.3. The molecule has 0 aromatic carbocycles. The standard InChI is InChI=1S/C12H20N2O3/c1-14(7-8-3-2-4-10(8)15)12(17)9-5-6-11(16)13-9/h8-10,15H,2-7H2,1H3,(H,13,16)/t8-,9-,10-/m1/s1. The number of carbonyl (C=O) groups excluding carboxylic acids is 2. The number of nitrogens with one attached hydrogen (secondary N) is 1. The summed E-state index contributed by atoms with van der Waals surface area (Å²) in [6.07, 6.45) is 3.62. The molecule has 2 rings (SSSR count). The van der Waals surface area contributed by atoms with Crippen LogP contribution in [-0.4, -0.2) is 47.6 Å². The van der Waals surface area contributed by atoms with Crippen LogP contribution in [0.3, 0.4) is 0 Å². The summed E-state index contributed by atoms with van der Waals surface area (Å²) >= 11 is 0. The number of aliphatic hydroxyl groups excluding tert-OH is 1. The van der Waals surface area contributed by atoms with Crippen molar-refractivity contribution in [1.29, 1.82) is 0 Å². The molecule has 2 N–H and O–H groups in total. The zero-order valence-electron chi connectivity index (χ0n) is 10.2. The third-order valence-electron chi connectivity index (χ3n) is 3.80. The molecule has 0 bridgehead atoms. The van der Waals surface area contributed by atoms with Crippen LogP contribution < -0.4 is 5.32 Å². The molecule has 1 saturated heterocycles. The van der Waals surface area contributed by atoms with Gasteiger partial charge in [0.15, 0.2) is 0 Å². The monoisotopic (exact) mass is 240 g/mol. The van der Waals surface area contributed by atoms with Crippen LogP contribution in [0.5, 0.6) is 0 Å². The molecule has 5 heteroatoms. The smallest absolute Gasteiger partial charge is 0.244 e. The van der Waals surface area contributed by atoms with Crippen molar-refractivity contribution in [1.82, 2.24) is 10.2 Å². The molecule has 2 amide bonds. The van der Waals surface area contributed by atoms with Crippen LogP contribution in [0, 0.1) is 5.92 Å². The molecule has 1 saturated carbocycles. The molecule has 0 unspecified atom stereocenters. The van der Waals surface area contributed by atoms with E-state index in [2.05, 4.69) is 5.32 Å². The van der Waals surface area contributed by atoms with Gasteiger partial charge in [-0.2, -0.15) is 0 Å². The van der Waals surface area contributed by atoms with Crippen molar-refractivity contribution < 1.29 is 14.7 Å². The fourth-order valence-electron chi connectivity index (χ4n) is 2.74. The van der Waals surface area contributed by atoms with Gasteiger partial charge in [0.1, 0.15) is 6.04 Å². The zero-order chi connectivity index (χ0) is 12.4. The minimum atomic E-state index is -0.356. The maximum atomic E-state index is 12.0. The van der Waals surface area contributed by atoms with Crippen molar-refractivity contribution in [2.24, 2.45) is 5.92 Å². The minimum Gasteiger partial charge on any atom is -0.393 e. The van der Waals surface area contributed by atoms with E-state index in [4.69, 9.17) is 0 Å². The SMILES string of the molecule is CN(C[C@H]1CCC[C@H]1O)C(=O)[C@H]1CCC(=O)N1. The second-order valence-corrected chi connectivity index (χ2v) is 5.14. The van der Waals surface area contributed by atoms with Crippen LogP contribution in [0.15, 0.2) is 0 Å². The average Bonchev–Trinajstić information content (AvgIpc) is 2.88. The van der Waals surface area contributed by atoms with Crippen LogP contribution in [-0.2, 0) is 9.59 Å². The van der Waals surface area contributed by atoms with Gasteiger partial charge in [-0.15, -0.1) is 0 Å². The van der Waals surface area contributed by atoms with E-state index in [0.717, 1.165) is 19.3 Å². The van der Waals surface area contributed by atoms with Gasteiger partial charge in [0.05, 0.1) is 6.10 Å². The molecule has 1 heterocycles. The van der Waals surface area contributed by atoms with E-state index < -0.39 is 0 Å². The van der Waals surface area contributed by atoms with Gasteiger partial charge in [0.25, 0.3) is 0 Å². The molecule has 96 valence electrons. The quantitative estimate of drug-likeness (QED) is 0.723. The highest BCUT2D eigenvalue weighted by Gasteiger charge is 2.32. The summed E-state index contributed by atoms with van der Waals surface area (Å²) in [5, 5.41) is 12.4. The van der Waals surface area contributed by atoms with Crippen LogP contribution in [0.4, 0.5) is 0 Å². The Kier molecular flexibility index (Phi) is 3.66. The molecule has 0 spiro atoms. The van der Waals surface area contributed by atoms with Crippen molar-refractivity contribution in [3.05, 3.63) is 0 Å². The minimum absolute atomic E-state index is 0.0325. The Hall–Kier alpha value is -1.10. The first-order valence-electron chi connectivity index (χ1n) is 6.30. The van der Waals surface area contributed by atoms with E-state index in [0.29, 0.717) is 19.4 Å². The van der Waals surface area contributed by atoms with Crippen molar-refractivity contribution in [2.75, 3.05) is 13.6 Å². The number of hydrogen-bond acceptors (Lipinski definition) is 3. The van der Waals surface area contributed by atoms with E-state index in [1.807, 2.05) is 0 Å². The Morgan fingerprint density at radius 2 is 2.24 bits per heavy atom. The van der Waals surface area contributed by atoms with Gasteiger partial charge >= 0.3 is 0 Å². The highest BCUT2D eigenvalue weighted by molar-refractivity contribution is 5.90. The summed E-state index contributed by atoms with van der Waals surface area (Å²) in [7, 11) is 1.75. The third-order valence-corrected chi connectivity index (χ3v) is 3.80. The summed E-state index contributed by atoms with van der Waals surface area (Å²) < 4.78 is 0. The average molecular weight is 240 g/mol. The molecule has 0 aromatic heterocycles. The van der Waals surface area contributed by atoms with Crippen LogP contribution in [0.1, 0.15) is 32.1 Å². The fourth-order valence-corrected chi connectivity index (χ4v) is 2.74. The Labute approximate surface area is 101 Å². The summed E-state index contributed by atoms with van der Waals surface area (Å²) in [4.78, 5) is 24.7. The first-order chi connectivity index (χ1) is 8.08. The van der Waals surface area contributed by atoms with E-state index >= 15 is 0 Å². The van der Waals surface area contributed by atoms with E-state index in [9.17, 15) is 14.7 Å². The van der Waals surface area contributed by atoms with Crippen LogP contribution in [0.25, 0.3) is 0 Å². The van der Waals surface area contributed by atoms with Gasteiger partial charge in [0, 0.05) is 25.9 Å². The number of likely N-dealkylation sites (N-methyl/N-ethyl adjacent to an activating group) is 1. The summed E-state index contributed by atoms with van der Waals surface area (Å²) in [6.45, 7) is 0.590. The van der Waals surface area contributed by atoms with Gasteiger partial charge in [-0.1, -0.05) is 6.42 Å². The van der Waals surface area contributed by atoms with E-state index in [-0.39, 0.29) is 29.9 Å². The predicted octanol–water partition coefficient (Wildman–Crippen LogP) is -0.116. The molecule has 17 heavy (non-hydrogen) atoms. The zero-order valence-corrected chi connectivity index (χ0v) is 10.2. The normalized spacial score (nSPS) is 32.6. The first-order valence-corrected chi connectivity index (χ1v) is 6.30. The van der Waals surface area contributed by atoms with Crippen LogP contribution >= 0.6 is 0 Å². The molecule has 0 radical (unpaired) electrons. The Morgan fingerprint density at radius 1 is 1.47 bits per heavy atom. The first kappa shape index (κ1) is 12.4. The lowest BCUT2D eigenvalue weighted by atomic mass is 10.1. The number of hydrogen-bond donors (Lipinski definition) is 2. The Balaban J connectivity index is 1.84. The molecular weight excluding hydrogens is 220 g/mol. The van der Waals surface area contributed by atoms with Gasteiger partial charge in [-0.25, -0.2) is 0 Å². The van der Waals surface area contributed by atoms with Gasteiger partial charge in [-0.3, -0.25) is 9.59 Å². The molecule has 5 nitrogen and oxygen atoms in total. The summed E-state index contributed by atoms with van der Waals surface area (Å²) in [6, 6.07) is -0.356. The topological polar surface area (TPSA) is 69.6 Å². The maximum absolute atomic E-state index is 12.0. The number of amides is 2. The lowest BCUT2D eigenvalue weighted by Gasteiger charge is -2.25. The Morgan fingerprint density at radius 3 is 2.76 bits per heavy atom. The second-order valence-electron chi connectivity index (χ2n) is 5.14. The predicted molar refractivity (Wildman–Crippen MR) is 62.1 cm³/mol. The molecule has 1 aliphatic heterocycles. The fraction of sp³-hybridized carbons (Fsp3) is 0.833. The van der Waals surface area contributed by atoms with Gasteiger partial charge in [-0.05, 0) is 19.3 Å². The lowest BCUT2D eigenvalue weighted by molar-refractivity contribution is -0.134. The van der Waals surface area contributed by atoms with Crippen LogP contribution in [0.2, 0.25) is 0 Å². The third kappa shape index (κ3) is 2.77. The summed E-state index contributed by atoms with van der Waals surface area (Å²) in [5.74, 6) is 0.119. The Bertz CT molecular complexity index is 319. The molecule has 2 fully saturated rings. The number of rotatable bonds is 3. The lowest BCUT2D eigenvalue weighted by Crippen LogP contribution is -2.45. The number of aliphatic hydroxyl groups is 1. The molecule has 3 atom stereocenters. The van der Waals surface area contributed by atoms with Crippen molar-refractivity contribution in [3.8, 4) is 0 Å². The van der Waals surface area contributed by atoms with E-state index in [1.54, 1.807) is 11.9 Å². The summed E-state index contributed by atoms with van der Waals surface area (Å²) in [5.41, 5.74) is 0. The van der Waals surface area contributed by atoms with Gasteiger partial charge < -0.3 is 15.3 Å².